The van der Waals surface area contributed by atoms with E-state index in [1.165, 1.54) is 0 Å². The van der Waals surface area contributed by atoms with E-state index < -0.39 is 5.91 Å². The van der Waals surface area contributed by atoms with Crippen LogP contribution in [0.4, 0.5) is 5.69 Å². The standard InChI is InChI=1S/C16H18ClN3O/c17-12-6-7-13(16(19)21)15(10-12)20-9-8-14(18)11-4-2-1-3-5-11/h1-7,10,14,20H,8-9,18H2,(H2,19,21). The molecule has 2 aromatic carbocycles. The van der Waals surface area contributed by atoms with E-state index >= 15 is 0 Å². The summed E-state index contributed by atoms with van der Waals surface area (Å²) in [6.45, 7) is 0.622. The van der Waals surface area contributed by atoms with Crippen molar-refractivity contribution in [2.45, 2.75) is 12.5 Å². The van der Waals surface area contributed by atoms with Gasteiger partial charge in [-0.1, -0.05) is 41.9 Å². The van der Waals surface area contributed by atoms with E-state index in [4.69, 9.17) is 23.1 Å². The minimum Gasteiger partial charge on any atom is -0.384 e. The molecule has 5 N–H and O–H groups in total. The van der Waals surface area contributed by atoms with Gasteiger partial charge in [0.15, 0.2) is 0 Å². The molecule has 1 atom stereocenters. The lowest BCUT2D eigenvalue weighted by molar-refractivity contribution is 0.100. The number of nitrogens with two attached hydrogens (primary N) is 2. The van der Waals surface area contributed by atoms with Gasteiger partial charge in [0, 0.05) is 23.3 Å². The molecular formula is C16H18ClN3O. The van der Waals surface area contributed by atoms with Crippen molar-refractivity contribution in [3.8, 4) is 0 Å². The van der Waals surface area contributed by atoms with E-state index in [-0.39, 0.29) is 6.04 Å². The summed E-state index contributed by atoms with van der Waals surface area (Å²) in [5.74, 6) is -0.485. The number of halogens is 1. The lowest BCUT2D eigenvalue weighted by atomic mass is 10.0. The Kier molecular flexibility index (Phi) is 5.20. The van der Waals surface area contributed by atoms with Crippen molar-refractivity contribution < 1.29 is 4.79 Å². The van der Waals surface area contributed by atoms with Crippen molar-refractivity contribution in [1.82, 2.24) is 0 Å². The highest BCUT2D eigenvalue weighted by Crippen LogP contribution is 2.21. The Morgan fingerprint density at radius 1 is 1.19 bits per heavy atom. The van der Waals surface area contributed by atoms with Crippen LogP contribution in [-0.4, -0.2) is 12.5 Å². The third kappa shape index (κ3) is 4.21. The second kappa shape index (κ2) is 7.11. The van der Waals surface area contributed by atoms with Crippen LogP contribution >= 0.6 is 11.6 Å². The number of anilines is 1. The maximum atomic E-state index is 11.4. The molecule has 0 bridgehead atoms. The number of carbonyl (C=O) groups excluding carboxylic acids is 1. The Balaban J connectivity index is 1.97. The zero-order valence-corrected chi connectivity index (χ0v) is 12.3. The fourth-order valence-corrected chi connectivity index (χ4v) is 2.28. The Hall–Kier alpha value is -2.04. The number of amides is 1. The largest absolute Gasteiger partial charge is 0.384 e. The SMILES string of the molecule is NC(=O)c1ccc(Cl)cc1NCCC(N)c1ccccc1. The molecule has 0 aromatic heterocycles. The van der Waals surface area contributed by atoms with Gasteiger partial charge in [0.2, 0.25) is 0 Å². The fourth-order valence-electron chi connectivity index (χ4n) is 2.11. The van der Waals surface area contributed by atoms with E-state index in [1.54, 1.807) is 18.2 Å². The Bertz CT molecular complexity index is 616. The fraction of sp³-hybridized carbons (Fsp3) is 0.188. The Morgan fingerprint density at radius 3 is 2.57 bits per heavy atom. The van der Waals surface area contributed by atoms with E-state index in [1.807, 2.05) is 30.3 Å². The first-order chi connectivity index (χ1) is 10.1. The van der Waals surface area contributed by atoms with E-state index in [0.717, 1.165) is 12.0 Å². The second-order valence-electron chi connectivity index (χ2n) is 4.79. The number of nitrogens with one attached hydrogen (secondary N) is 1. The quantitative estimate of drug-likeness (QED) is 0.767. The van der Waals surface area contributed by atoms with Crippen LogP contribution in [0.25, 0.3) is 0 Å². The van der Waals surface area contributed by atoms with Gasteiger partial charge in [-0.2, -0.15) is 0 Å². The monoisotopic (exact) mass is 303 g/mol. The Labute approximate surface area is 129 Å². The molecule has 1 amide bonds. The molecule has 0 aliphatic rings. The van der Waals surface area contributed by atoms with Gasteiger partial charge in [-0.15, -0.1) is 0 Å². The smallest absolute Gasteiger partial charge is 0.250 e. The zero-order chi connectivity index (χ0) is 15.2. The molecule has 4 nitrogen and oxygen atoms in total. The average molecular weight is 304 g/mol. The summed E-state index contributed by atoms with van der Waals surface area (Å²) >= 11 is 5.94. The van der Waals surface area contributed by atoms with Crippen LogP contribution in [0.15, 0.2) is 48.5 Å². The normalized spacial score (nSPS) is 11.9. The van der Waals surface area contributed by atoms with E-state index in [2.05, 4.69) is 5.32 Å². The van der Waals surface area contributed by atoms with Gasteiger partial charge in [-0.3, -0.25) is 4.79 Å². The summed E-state index contributed by atoms with van der Waals surface area (Å²) in [5, 5.41) is 3.72. The summed E-state index contributed by atoms with van der Waals surface area (Å²) in [6.07, 6.45) is 0.731. The molecule has 0 saturated heterocycles. The van der Waals surface area contributed by atoms with E-state index in [0.29, 0.717) is 22.8 Å². The van der Waals surface area contributed by atoms with Crippen molar-refractivity contribution in [3.63, 3.8) is 0 Å². The minimum atomic E-state index is -0.485. The summed E-state index contributed by atoms with van der Waals surface area (Å²) in [4.78, 5) is 11.4. The first kappa shape index (κ1) is 15.4. The third-order valence-electron chi connectivity index (χ3n) is 3.25. The van der Waals surface area contributed by atoms with Crippen LogP contribution in [0.5, 0.6) is 0 Å². The highest BCUT2D eigenvalue weighted by Gasteiger charge is 2.09. The predicted molar refractivity (Wildman–Crippen MR) is 86.4 cm³/mol. The number of rotatable bonds is 6. The maximum Gasteiger partial charge on any atom is 0.250 e. The topological polar surface area (TPSA) is 81.1 Å². The molecule has 0 heterocycles. The van der Waals surface area contributed by atoms with Gasteiger partial charge in [-0.25, -0.2) is 0 Å². The zero-order valence-electron chi connectivity index (χ0n) is 11.6. The number of hydrogen-bond donors (Lipinski definition) is 3. The lowest BCUT2D eigenvalue weighted by Crippen LogP contribution is -2.18. The molecule has 0 fully saturated rings. The molecule has 0 aliphatic heterocycles. The molecule has 110 valence electrons. The van der Waals surface area contributed by atoms with Crippen LogP contribution in [-0.2, 0) is 0 Å². The number of carbonyl (C=O) groups is 1. The average Bonchev–Trinajstić information content (AvgIpc) is 2.48. The molecule has 0 saturated carbocycles. The Morgan fingerprint density at radius 2 is 1.90 bits per heavy atom. The van der Waals surface area contributed by atoms with Crippen LogP contribution in [0.3, 0.4) is 0 Å². The predicted octanol–water partition coefficient (Wildman–Crippen LogP) is 2.94. The van der Waals surface area contributed by atoms with Crippen molar-refractivity contribution in [2.24, 2.45) is 11.5 Å². The van der Waals surface area contributed by atoms with Crippen molar-refractivity contribution >= 4 is 23.2 Å². The highest BCUT2D eigenvalue weighted by molar-refractivity contribution is 6.31. The first-order valence-corrected chi connectivity index (χ1v) is 7.09. The molecule has 0 radical (unpaired) electrons. The van der Waals surface area contributed by atoms with E-state index in [9.17, 15) is 4.79 Å². The van der Waals surface area contributed by atoms with Crippen LogP contribution in [0, 0.1) is 0 Å². The second-order valence-corrected chi connectivity index (χ2v) is 5.22. The first-order valence-electron chi connectivity index (χ1n) is 6.71. The molecule has 0 spiro atoms. The summed E-state index contributed by atoms with van der Waals surface area (Å²) in [5.41, 5.74) is 13.6. The van der Waals surface area contributed by atoms with Crippen LogP contribution in [0.2, 0.25) is 5.02 Å². The molecule has 5 heteroatoms. The van der Waals surface area contributed by atoms with Gasteiger partial charge >= 0.3 is 0 Å². The maximum absolute atomic E-state index is 11.4. The molecule has 2 aromatic rings. The highest BCUT2D eigenvalue weighted by atomic mass is 35.5. The van der Waals surface area contributed by atoms with Gasteiger partial charge < -0.3 is 16.8 Å². The van der Waals surface area contributed by atoms with Gasteiger partial charge in [0.05, 0.1) is 5.56 Å². The summed E-state index contributed by atoms with van der Waals surface area (Å²) in [6, 6.07) is 14.8. The van der Waals surface area contributed by atoms with Crippen LogP contribution < -0.4 is 16.8 Å². The number of primary amides is 1. The minimum absolute atomic E-state index is 0.0603. The van der Waals surface area contributed by atoms with Gasteiger partial charge in [0.25, 0.3) is 5.91 Å². The van der Waals surface area contributed by atoms with Gasteiger partial charge in [0.1, 0.15) is 0 Å². The summed E-state index contributed by atoms with van der Waals surface area (Å²) < 4.78 is 0. The lowest BCUT2D eigenvalue weighted by Gasteiger charge is -2.14. The van der Waals surface area contributed by atoms with Gasteiger partial charge in [-0.05, 0) is 30.2 Å². The number of benzene rings is 2. The number of hydrogen-bond acceptors (Lipinski definition) is 3. The molecular weight excluding hydrogens is 286 g/mol. The third-order valence-corrected chi connectivity index (χ3v) is 3.48. The van der Waals surface area contributed by atoms with Crippen molar-refractivity contribution in [2.75, 3.05) is 11.9 Å². The molecule has 1 unspecified atom stereocenters. The summed E-state index contributed by atoms with van der Waals surface area (Å²) in [7, 11) is 0. The molecule has 0 aliphatic carbocycles. The van der Waals surface area contributed by atoms with Crippen LogP contribution in [0.1, 0.15) is 28.4 Å². The molecule has 2 rings (SSSR count). The van der Waals surface area contributed by atoms with Crippen molar-refractivity contribution in [1.29, 1.82) is 0 Å². The molecule has 21 heavy (non-hydrogen) atoms. The van der Waals surface area contributed by atoms with Crippen molar-refractivity contribution in [3.05, 3.63) is 64.7 Å².